The molecule has 0 N–H and O–H groups in total. The second-order valence-electron chi connectivity index (χ2n) is 2.81. The monoisotopic (exact) mass is 294 g/mol. The molecule has 14 heavy (non-hydrogen) atoms. The van der Waals surface area contributed by atoms with Gasteiger partial charge in [0.1, 0.15) is 0 Å². The molecule has 0 aliphatic carbocycles. The number of Topliss-reactive ketones (excluding diaryl/α,β-unsaturated/α-hetero) is 1. The van der Waals surface area contributed by atoms with Crippen LogP contribution in [-0.2, 0) is 10.8 Å². The molecule has 0 spiro atoms. The van der Waals surface area contributed by atoms with Crippen LogP contribution < -0.4 is 0 Å². The van der Waals surface area contributed by atoms with Gasteiger partial charge in [-0.1, -0.05) is 6.92 Å². The predicted octanol–water partition coefficient (Wildman–Crippen LogP) is 2.85. The van der Waals surface area contributed by atoms with Crippen LogP contribution in [0.1, 0.15) is 23.0 Å². The fourth-order valence-corrected chi connectivity index (χ4v) is 3.67. The Balaban J connectivity index is 2.59. The molecule has 0 aliphatic heterocycles. The van der Waals surface area contributed by atoms with Gasteiger partial charge in [-0.05, 0) is 33.8 Å². The molecule has 0 radical (unpaired) electrons. The lowest BCUT2D eigenvalue weighted by atomic mass is 10.3. The van der Waals surface area contributed by atoms with E-state index in [1.54, 1.807) is 0 Å². The highest BCUT2D eigenvalue weighted by molar-refractivity contribution is 9.10. The first-order chi connectivity index (χ1) is 6.65. The molecule has 1 aromatic rings. The van der Waals surface area contributed by atoms with Crippen LogP contribution in [0.4, 0.5) is 0 Å². The number of hydrogen-bond donors (Lipinski definition) is 0. The van der Waals surface area contributed by atoms with E-state index in [0.29, 0.717) is 10.6 Å². The van der Waals surface area contributed by atoms with Crippen molar-refractivity contribution < 1.29 is 9.00 Å². The molecule has 0 amide bonds. The zero-order valence-electron chi connectivity index (χ0n) is 7.79. The number of halogens is 1. The molecule has 0 fully saturated rings. The summed E-state index contributed by atoms with van der Waals surface area (Å²) in [6, 6.07) is 1.83. The summed E-state index contributed by atoms with van der Waals surface area (Å²) < 4.78 is 12.1. The third-order valence-corrected chi connectivity index (χ3v) is 4.92. The van der Waals surface area contributed by atoms with E-state index in [2.05, 4.69) is 15.9 Å². The molecule has 0 aliphatic rings. The molecule has 1 atom stereocenters. The highest BCUT2D eigenvalue weighted by Gasteiger charge is 2.14. The Morgan fingerprint density at radius 2 is 2.36 bits per heavy atom. The van der Waals surface area contributed by atoms with E-state index >= 15 is 0 Å². The van der Waals surface area contributed by atoms with Crippen molar-refractivity contribution in [3.63, 3.8) is 0 Å². The molecular formula is C9H11BrO2S2. The Labute approximate surface area is 98.3 Å². The Morgan fingerprint density at radius 1 is 1.64 bits per heavy atom. The van der Waals surface area contributed by atoms with Gasteiger partial charge in [0.25, 0.3) is 0 Å². The number of thiophene rings is 1. The van der Waals surface area contributed by atoms with Crippen LogP contribution in [0, 0.1) is 0 Å². The minimum Gasteiger partial charge on any atom is -0.292 e. The second-order valence-corrected chi connectivity index (χ2v) is 6.16. The Kier molecular flexibility index (Phi) is 4.98. The number of carbonyl (C=O) groups excluding carboxylic acids is 1. The number of rotatable bonds is 5. The van der Waals surface area contributed by atoms with Crippen molar-refractivity contribution in [1.29, 1.82) is 0 Å². The fraction of sp³-hybridized carbons (Fsp3) is 0.444. The minimum atomic E-state index is -1.01. The van der Waals surface area contributed by atoms with Crippen molar-refractivity contribution in [2.75, 3.05) is 11.5 Å². The van der Waals surface area contributed by atoms with Crippen LogP contribution in [0.2, 0.25) is 0 Å². The normalized spacial score (nSPS) is 12.7. The standard InChI is InChI=1S/C9H11BrO2S2/c1-2-5-14(12)6-8(11)9-7(10)3-4-13-9/h3-4H,2,5-6H2,1H3. The van der Waals surface area contributed by atoms with Crippen molar-refractivity contribution in [3.05, 3.63) is 20.8 Å². The zero-order chi connectivity index (χ0) is 10.6. The SMILES string of the molecule is CCCS(=O)CC(=O)c1sccc1Br. The molecule has 1 rings (SSSR count). The molecule has 1 aromatic heterocycles. The summed E-state index contributed by atoms with van der Waals surface area (Å²) in [7, 11) is -1.01. The second kappa shape index (κ2) is 5.78. The highest BCUT2D eigenvalue weighted by atomic mass is 79.9. The maximum absolute atomic E-state index is 11.6. The van der Waals surface area contributed by atoms with Crippen LogP contribution in [0.3, 0.4) is 0 Å². The zero-order valence-corrected chi connectivity index (χ0v) is 11.0. The van der Waals surface area contributed by atoms with Crippen molar-refractivity contribution in [1.82, 2.24) is 0 Å². The van der Waals surface area contributed by atoms with Crippen LogP contribution >= 0.6 is 27.3 Å². The lowest BCUT2D eigenvalue weighted by Crippen LogP contribution is -2.12. The minimum absolute atomic E-state index is 0.0290. The van der Waals surface area contributed by atoms with E-state index in [9.17, 15) is 9.00 Å². The van der Waals surface area contributed by atoms with Gasteiger partial charge >= 0.3 is 0 Å². The first-order valence-electron chi connectivity index (χ1n) is 4.26. The number of hydrogen-bond acceptors (Lipinski definition) is 3. The maximum atomic E-state index is 11.6. The fourth-order valence-electron chi connectivity index (χ4n) is 1.00. The molecule has 78 valence electrons. The van der Waals surface area contributed by atoms with Gasteiger partial charge in [0.2, 0.25) is 0 Å². The summed E-state index contributed by atoms with van der Waals surface area (Å²) in [4.78, 5) is 12.3. The van der Waals surface area contributed by atoms with Gasteiger partial charge in [-0.3, -0.25) is 9.00 Å². The average molecular weight is 295 g/mol. The Bertz CT molecular complexity index is 346. The van der Waals surface area contributed by atoms with Crippen LogP contribution in [0.25, 0.3) is 0 Å². The largest absolute Gasteiger partial charge is 0.292 e. The molecule has 0 aromatic carbocycles. The lowest BCUT2D eigenvalue weighted by molar-refractivity contribution is 0.102. The summed E-state index contributed by atoms with van der Waals surface area (Å²) in [5.41, 5.74) is 0. The maximum Gasteiger partial charge on any atom is 0.186 e. The highest BCUT2D eigenvalue weighted by Crippen LogP contribution is 2.23. The van der Waals surface area contributed by atoms with Crippen LogP contribution in [-0.4, -0.2) is 21.5 Å². The van der Waals surface area contributed by atoms with E-state index in [0.717, 1.165) is 10.9 Å². The smallest absolute Gasteiger partial charge is 0.186 e. The summed E-state index contributed by atoms with van der Waals surface area (Å²) in [6.07, 6.45) is 0.853. The molecule has 0 bridgehead atoms. The third kappa shape index (κ3) is 3.29. The quantitative estimate of drug-likeness (QED) is 0.783. The molecule has 5 heteroatoms. The predicted molar refractivity (Wildman–Crippen MR) is 64.5 cm³/mol. The molecule has 0 saturated heterocycles. The van der Waals surface area contributed by atoms with E-state index in [-0.39, 0.29) is 11.5 Å². The van der Waals surface area contributed by atoms with Gasteiger partial charge in [-0.2, -0.15) is 0 Å². The Morgan fingerprint density at radius 3 is 2.86 bits per heavy atom. The number of ketones is 1. The Hall–Kier alpha value is -0.000000000000000111. The first-order valence-corrected chi connectivity index (χ1v) is 7.42. The van der Waals surface area contributed by atoms with E-state index in [1.807, 2.05) is 18.4 Å². The van der Waals surface area contributed by atoms with Gasteiger partial charge in [0.15, 0.2) is 5.78 Å². The van der Waals surface area contributed by atoms with Crippen molar-refractivity contribution in [2.45, 2.75) is 13.3 Å². The van der Waals surface area contributed by atoms with Gasteiger partial charge < -0.3 is 0 Å². The number of carbonyl (C=O) groups is 1. The molecule has 1 heterocycles. The summed E-state index contributed by atoms with van der Waals surface area (Å²) in [5, 5.41) is 1.85. The van der Waals surface area contributed by atoms with Crippen molar-refractivity contribution >= 4 is 43.8 Å². The molecular weight excluding hydrogens is 284 g/mol. The summed E-state index contributed by atoms with van der Waals surface area (Å²) in [5.74, 6) is 0.723. The van der Waals surface area contributed by atoms with Gasteiger partial charge in [0.05, 0.1) is 10.6 Å². The van der Waals surface area contributed by atoms with Gasteiger partial charge in [-0.25, -0.2) is 0 Å². The first kappa shape index (κ1) is 12.1. The third-order valence-electron chi connectivity index (χ3n) is 1.59. The average Bonchev–Trinajstić information content (AvgIpc) is 2.51. The molecule has 2 nitrogen and oxygen atoms in total. The van der Waals surface area contributed by atoms with E-state index in [1.165, 1.54) is 11.3 Å². The molecule has 0 saturated carbocycles. The van der Waals surface area contributed by atoms with Crippen molar-refractivity contribution in [3.8, 4) is 0 Å². The van der Waals surface area contributed by atoms with Crippen LogP contribution in [0.15, 0.2) is 15.9 Å². The lowest BCUT2D eigenvalue weighted by Gasteiger charge is -1.98. The van der Waals surface area contributed by atoms with Crippen LogP contribution in [0.5, 0.6) is 0 Å². The van der Waals surface area contributed by atoms with E-state index < -0.39 is 10.8 Å². The molecule has 1 unspecified atom stereocenters. The van der Waals surface area contributed by atoms with Gasteiger partial charge in [0, 0.05) is 21.0 Å². The van der Waals surface area contributed by atoms with E-state index in [4.69, 9.17) is 0 Å². The summed E-state index contributed by atoms with van der Waals surface area (Å²) >= 11 is 4.67. The van der Waals surface area contributed by atoms with Gasteiger partial charge in [-0.15, -0.1) is 11.3 Å². The summed E-state index contributed by atoms with van der Waals surface area (Å²) in [6.45, 7) is 1.96. The topological polar surface area (TPSA) is 34.1 Å². The van der Waals surface area contributed by atoms with Crippen molar-refractivity contribution in [2.24, 2.45) is 0 Å².